The van der Waals surface area contributed by atoms with Crippen LogP contribution in [0.5, 0.6) is 0 Å². The lowest BCUT2D eigenvalue weighted by Crippen LogP contribution is -2.47. The molecule has 2 aliphatic rings. The van der Waals surface area contributed by atoms with Crippen LogP contribution in [-0.4, -0.2) is 90.0 Å². The number of morpholine rings is 1. The number of piperazine rings is 1. The van der Waals surface area contributed by atoms with Gasteiger partial charge in [-0.15, -0.1) is 22.7 Å². The van der Waals surface area contributed by atoms with Crippen molar-refractivity contribution >= 4 is 54.7 Å². The lowest BCUT2D eigenvalue weighted by atomic mass is 10.2. The molecular formula is C23H26N8O3S3. The van der Waals surface area contributed by atoms with Crippen LogP contribution in [0.25, 0.3) is 21.6 Å². The van der Waals surface area contributed by atoms with E-state index in [2.05, 4.69) is 25.8 Å². The largest absolute Gasteiger partial charge is 0.378 e. The van der Waals surface area contributed by atoms with Gasteiger partial charge in [-0.05, 0) is 17.5 Å². The van der Waals surface area contributed by atoms with Crippen LogP contribution in [-0.2, 0) is 21.3 Å². The maximum Gasteiger partial charge on any atom is 0.252 e. The number of ether oxygens (including phenoxy) is 1. The predicted octanol–water partition coefficient (Wildman–Crippen LogP) is 2.14. The fraction of sp³-hybridized carbons (Fsp3) is 0.391. The van der Waals surface area contributed by atoms with Crippen LogP contribution in [0.4, 0.5) is 11.8 Å². The molecule has 2 aliphatic heterocycles. The van der Waals surface area contributed by atoms with Gasteiger partial charge in [0, 0.05) is 63.1 Å². The van der Waals surface area contributed by atoms with E-state index < -0.39 is 10.0 Å². The molecule has 0 radical (unpaired) electrons. The van der Waals surface area contributed by atoms with Crippen molar-refractivity contribution in [2.24, 2.45) is 0 Å². The van der Waals surface area contributed by atoms with Crippen LogP contribution < -0.4 is 10.6 Å². The third-order valence-electron chi connectivity index (χ3n) is 6.46. The van der Waals surface area contributed by atoms with Gasteiger partial charge in [0.15, 0.2) is 5.82 Å². The van der Waals surface area contributed by atoms with Gasteiger partial charge in [-0.25, -0.2) is 28.4 Å². The molecule has 11 nitrogen and oxygen atoms in total. The average molecular weight is 559 g/mol. The number of thiophene rings is 2. The highest BCUT2D eigenvalue weighted by molar-refractivity contribution is 7.91. The maximum absolute atomic E-state index is 12.9. The number of hydrogen-bond donors (Lipinski definition) is 1. The van der Waals surface area contributed by atoms with Gasteiger partial charge in [-0.3, -0.25) is 4.90 Å². The number of nitrogens with zero attached hydrogens (tertiary/aromatic N) is 7. The van der Waals surface area contributed by atoms with E-state index in [1.54, 1.807) is 45.5 Å². The Balaban J connectivity index is 1.24. The summed E-state index contributed by atoms with van der Waals surface area (Å²) in [6.45, 7) is 5.87. The molecule has 0 atom stereocenters. The molecule has 2 saturated heterocycles. The van der Waals surface area contributed by atoms with Crippen molar-refractivity contribution in [1.82, 2.24) is 29.1 Å². The molecular weight excluding hydrogens is 533 g/mol. The van der Waals surface area contributed by atoms with Gasteiger partial charge in [-0.1, -0.05) is 6.07 Å². The molecule has 6 rings (SSSR count). The van der Waals surface area contributed by atoms with E-state index in [0.29, 0.717) is 55.0 Å². The summed E-state index contributed by atoms with van der Waals surface area (Å²) < 4.78 is 33.3. The van der Waals surface area contributed by atoms with Gasteiger partial charge in [0.2, 0.25) is 5.95 Å². The second kappa shape index (κ2) is 10.2. The summed E-state index contributed by atoms with van der Waals surface area (Å²) in [6, 6.07) is 5.61. The topological polar surface area (TPSA) is 131 Å². The Labute approximate surface area is 222 Å². The molecule has 2 N–H and O–H groups in total. The summed E-state index contributed by atoms with van der Waals surface area (Å²) in [7, 11) is -3.41. The van der Waals surface area contributed by atoms with E-state index in [0.717, 1.165) is 35.7 Å². The molecule has 4 aromatic rings. The minimum absolute atomic E-state index is 0.208. The lowest BCUT2D eigenvalue weighted by Gasteiger charge is -2.33. The summed E-state index contributed by atoms with van der Waals surface area (Å²) in [5, 5.41) is 2.81. The van der Waals surface area contributed by atoms with Gasteiger partial charge in [0.25, 0.3) is 10.0 Å². The van der Waals surface area contributed by atoms with E-state index in [4.69, 9.17) is 20.4 Å². The van der Waals surface area contributed by atoms with Crippen molar-refractivity contribution in [3.63, 3.8) is 0 Å². The minimum atomic E-state index is -3.41. The van der Waals surface area contributed by atoms with Crippen molar-refractivity contribution in [3.05, 3.63) is 40.8 Å². The highest BCUT2D eigenvalue weighted by Gasteiger charge is 2.29. The SMILES string of the molecule is Nc1ncc(-c2nc(N3CCOCC3)c3cc(CN4CCN(S(=O)(=O)c5cccs5)CC4)sc3n2)cn1. The first-order chi connectivity index (χ1) is 18.0. The summed E-state index contributed by atoms with van der Waals surface area (Å²) in [4.78, 5) is 24.5. The van der Waals surface area contributed by atoms with Crippen molar-refractivity contribution in [2.75, 3.05) is 63.1 Å². The van der Waals surface area contributed by atoms with Crippen LogP contribution in [0.3, 0.4) is 0 Å². The number of nitrogens with two attached hydrogens (primary N) is 1. The van der Waals surface area contributed by atoms with Gasteiger partial charge in [0.1, 0.15) is 14.9 Å². The molecule has 0 amide bonds. The number of rotatable bonds is 6. The van der Waals surface area contributed by atoms with Crippen LogP contribution >= 0.6 is 22.7 Å². The Bertz CT molecular complexity index is 1480. The second-order valence-electron chi connectivity index (χ2n) is 8.84. The average Bonchev–Trinajstić information content (AvgIpc) is 3.60. The first-order valence-corrected chi connectivity index (χ1v) is 15.1. The van der Waals surface area contributed by atoms with Gasteiger partial charge in [-0.2, -0.15) is 4.31 Å². The monoisotopic (exact) mass is 558 g/mol. The quantitative estimate of drug-likeness (QED) is 0.375. The summed E-state index contributed by atoms with van der Waals surface area (Å²) in [5.41, 5.74) is 6.38. The molecule has 6 heterocycles. The van der Waals surface area contributed by atoms with Crippen molar-refractivity contribution in [2.45, 2.75) is 10.8 Å². The lowest BCUT2D eigenvalue weighted by molar-refractivity contribution is 0.122. The van der Waals surface area contributed by atoms with Crippen molar-refractivity contribution in [1.29, 1.82) is 0 Å². The number of fused-ring (bicyclic) bond motifs is 1. The zero-order valence-corrected chi connectivity index (χ0v) is 22.4. The van der Waals surface area contributed by atoms with Crippen LogP contribution in [0.15, 0.2) is 40.2 Å². The number of nitrogen functional groups attached to an aromatic ring is 1. The molecule has 0 unspecified atom stereocenters. The summed E-state index contributed by atoms with van der Waals surface area (Å²) in [5.74, 6) is 1.66. The second-order valence-corrected chi connectivity index (χ2v) is 13.1. The molecule has 0 saturated carbocycles. The number of anilines is 2. The Morgan fingerprint density at radius 3 is 2.49 bits per heavy atom. The number of sulfonamides is 1. The fourth-order valence-corrected chi connectivity index (χ4v) is 8.15. The minimum Gasteiger partial charge on any atom is -0.378 e. The standard InChI is InChI=1S/C23H26N8O3S3/c24-23-25-13-16(14-26-23)20-27-21(30-7-9-34-10-8-30)18-12-17(36-22(18)28-20)15-29-3-5-31(6-4-29)37(32,33)19-2-1-11-35-19/h1-2,11-14H,3-10,15H2,(H2,24,25,26). The molecule has 0 aromatic carbocycles. The molecule has 0 aliphatic carbocycles. The normalized spacial score (nSPS) is 18.0. The third-order valence-corrected chi connectivity index (χ3v) is 10.7. The first kappa shape index (κ1) is 24.6. The van der Waals surface area contributed by atoms with Crippen molar-refractivity contribution in [3.8, 4) is 11.4 Å². The van der Waals surface area contributed by atoms with Gasteiger partial charge in [0.05, 0.1) is 24.2 Å². The smallest absolute Gasteiger partial charge is 0.252 e. The molecule has 0 bridgehead atoms. The maximum atomic E-state index is 12.9. The number of hydrogen-bond acceptors (Lipinski definition) is 12. The van der Waals surface area contributed by atoms with Crippen LogP contribution in [0.2, 0.25) is 0 Å². The Kier molecular flexibility index (Phi) is 6.77. The zero-order valence-electron chi connectivity index (χ0n) is 20.0. The van der Waals surface area contributed by atoms with Gasteiger partial charge < -0.3 is 15.4 Å². The highest BCUT2D eigenvalue weighted by Crippen LogP contribution is 2.34. The van der Waals surface area contributed by atoms with E-state index in [1.165, 1.54) is 16.2 Å². The van der Waals surface area contributed by atoms with Crippen molar-refractivity contribution < 1.29 is 13.2 Å². The van der Waals surface area contributed by atoms with Gasteiger partial charge >= 0.3 is 0 Å². The summed E-state index contributed by atoms with van der Waals surface area (Å²) in [6.07, 6.45) is 3.29. The molecule has 0 spiro atoms. The highest BCUT2D eigenvalue weighted by atomic mass is 32.2. The Morgan fingerprint density at radius 2 is 1.78 bits per heavy atom. The summed E-state index contributed by atoms with van der Waals surface area (Å²) >= 11 is 2.90. The van der Waals surface area contributed by atoms with E-state index >= 15 is 0 Å². The van der Waals surface area contributed by atoms with Crippen LogP contribution in [0.1, 0.15) is 4.88 Å². The molecule has 2 fully saturated rings. The Morgan fingerprint density at radius 1 is 1.03 bits per heavy atom. The van der Waals surface area contributed by atoms with E-state index in [-0.39, 0.29) is 5.95 Å². The number of aromatic nitrogens is 4. The fourth-order valence-electron chi connectivity index (χ4n) is 4.52. The Hall–Kier alpha value is -2.75. The zero-order chi connectivity index (χ0) is 25.4. The molecule has 194 valence electrons. The van der Waals surface area contributed by atoms with E-state index in [1.807, 2.05) is 0 Å². The van der Waals surface area contributed by atoms with E-state index in [9.17, 15) is 8.42 Å². The molecule has 14 heteroatoms. The molecule has 37 heavy (non-hydrogen) atoms. The third kappa shape index (κ3) is 5.04. The molecule has 4 aromatic heterocycles. The first-order valence-electron chi connectivity index (χ1n) is 11.9. The van der Waals surface area contributed by atoms with Crippen LogP contribution in [0, 0.1) is 0 Å². The predicted molar refractivity (Wildman–Crippen MR) is 144 cm³/mol.